The minimum atomic E-state index is -0.961. The van der Waals surface area contributed by atoms with Crippen LogP contribution in [0.1, 0.15) is 62.5 Å². The molecule has 3 rings (SSSR count). The number of rotatable bonds is 8. The first-order valence-electron chi connectivity index (χ1n) is 12.0. The van der Waals surface area contributed by atoms with Crippen LogP contribution in [0.5, 0.6) is 0 Å². The first kappa shape index (κ1) is 26.7. The molecule has 0 aliphatic rings. The quantitative estimate of drug-likeness (QED) is 0.300. The third kappa shape index (κ3) is 6.21. The van der Waals surface area contributed by atoms with E-state index in [2.05, 4.69) is 61.0 Å². The molecule has 5 heteroatoms. The fourth-order valence-corrected chi connectivity index (χ4v) is 4.67. The van der Waals surface area contributed by atoms with Gasteiger partial charge in [-0.25, -0.2) is 4.79 Å². The predicted molar refractivity (Wildman–Crippen MR) is 149 cm³/mol. The largest absolute Gasteiger partial charge is 0.478 e. The highest BCUT2D eigenvalue weighted by atomic mass is 79.9. The van der Waals surface area contributed by atoms with Gasteiger partial charge in [0.1, 0.15) is 0 Å². The summed E-state index contributed by atoms with van der Waals surface area (Å²) in [4.78, 5) is 26.2. The van der Waals surface area contributed by atoms with E-state index >= 15 is 0 Å². The summed E-state index contributed by atoms with van der Waals surface area (Å²) in [6, 6.07) is 19.9. The van der Waals surface area contributed by atoms with Crippen molar-refractivity contribution in [1.29, 1.82) is 0 Å². The maximum absolute atomic E-state index is 12.3. The van der Waals surface area contributed by atoms with Gasteiger partial charge in [-0.2, -0.15) is 0 Å². The number of hydrogen-bond acceptors (Lipinski definition) is 2. The van der Waals surface area contributed by atoms with E-state index in [4.69, 9.17) is 0 Å². The summed E-state index contributed by atoms with van der Waals surface area (Å²) < 4.78 is 0. The van der Waals surface area contributed by atoms with Crippen LogP contribution >= 0.6 is 15.9 Å². The molecule has 0 atom stereocenters. The van der Waals surface area contributed by atoms with Crippen molar-refractivity contribution in [2.45, 2.75) is 52.9 Å². The lowest BCUT2D eigenvalue weighted by atomic mass is 9.83. The molecule has 0 aliphatic carbocycles. The Kier molecular flexibility index (Phi) is 8.55. The number of carbonyl (C=O) groups excluding carboxylic acids is 1. The number of aromatic carboxylic acids is 1. The molecular weight excluding hydrogens is 502 g/mol. The zero-order chi connectivity index (χ0) is 25.8. The number of alkyl halides is 1. The van der Waals surface area contributed by atoms with Crippen LogP contribution in [-0.2, 0) is 16.6 Å². The summed E-state index contributed by atoms with van der Waals surface area (Å²) >= 11 is 3.48. The Bertz CT molecular complexity index is 1210. The molecule has 0 unspecified atom stereocenters. The number of halogens is 1. The Labute approximate surface area is 217 Å². The van der Waals surface area contributed by atoms with Crippen LogP contribution in [0.25, 0.3) is 22.3 Å². The molecule has 184 valence electrons. The van der Waals surface area contributed by atoms with E-state index in [0.717, 1.165) is 46.1 Å². The predicted octanol–water partition coefficient (Wildman–Crippen LogP) is 7.72. The first-order chi connectivity index (χ1) is 16.6. The first-order valence-corrected chi connectivity index (χ1v) is 13.1. The highest BCUT2D eigenvalue weighted by Crippen LogP contribution is 2.38. The highest BCUT2D eigenvalue weighted by molar-refractivity contribution is 9.09. The van der Waals surface area contributed by atoms with Crippen molar-refractivity contribution in [3.63, 3.8) is 0 Å². The second-order valence-electron chi connectivity index (χ2n) is 9.80. The molecule has 0 aromatic heterocycles. The molecule has 0 bridgehead atoms. The van der Waals surface area contributed by atoms with Crippen molar-refractivity contribution in [1.82, 2.24) is 0 Å². The molecule has 35 heavy (non-hydrogen) atoms. The summed E-state index contributed by atoms with van der Waals surface area (Å²) in [7, 11) is 0. The topological polar surface area (TPSA) is 57.6 Å². The highest BCUT2D eigenvalue weighted by Gasteiger charge is 2.24. The summed E-state index contributed by atoms with van der Waals surface area (Å²) in [5.41, 5.74) is 6.69. The lowest BCUT2D eigenvalue weighted by molar-refractivity contribution is -0.116. The van der Waals surface area contributed by atoms with Crippen LogP contribution in [0.3, 0.4) is 0 Å². The van der Waals surface area contributed by atoms with E-state index in [0.29, 0.717) is 12.1 Å². The molecule has 3 aromatic rings. The normalized spacial score (nSPS) is 11.4. The molecule has 0 fully saturated rings. The number of aryl methyl sites for hydroxylation is 1. The molecule has 3 aromatic carbocycles. The summed E-state index contributed by atoms with van der Waals surface area (Å²) in [6.07, 6.45) is 2.10. The second-order valence-corrected chi connectivity index (χ2v) is 10.6. The third-order valence-electron chi connectivity index (χ3n) is 6.24. The van der Waals surface area contributed by atoms with Crippen LogP contribution in [0.2, 0.25) is 0 Å². The van der Waals surface area contributed by atoms with Gasteiger partial charge in [0, 0.05) is 24.5 Å². The maximum Gasteiger partial charge on any atom is 0.336 e. The maximum atomic E-state index is 12.3. The summed E-state index contributed by atoms with van der Waals surface area (Å²) in [5.74, 6) is -0.976. The third-order valence-corrected chi connectivity index (χ3v) is 6.80. The molecule has 1 N–H and O–H groups in total. The van der Waals surface area contributed by atoms with Gasteiger partial charge < -0.3 is 10.0 Å². The monoisotopic (exact) mass is 535 g/mol. The fraction of sp³-hybridized carbons (Fsp3) is 0.333. The molecule has 0 saturated heterocycles. The lowest BCUT2D eigenvalue weighted by Gasteiger charge is -2.29. The van der Waals surface area contributed by atoms with E-state index in [9.17, 15) is 14.7 Å². The smallest absolute Gasteiger partial charge is 0.336 e. The van der Waals surface area contributed by atoms with Gasteiger partial charge >= 0.3 is 5.97 Å². The summed E-state index contributed by atoms with van der Waals surface area (Å²) in [6.45, 7) is 10.4. The van der Waals surface area contributed by atoms with E-state index in [1.54, 1.807) is 17.9 Å². The zero-order valence-corrected chi connectivity index (χ0v) is 22.8. The molecule has 4 nitrogen and oxygen atoms in total. The molecule has 0 spiro atoms. The average molecular weight is 537 g/mol. The molecule has 0 radical (unpaired) electrons. The van der Waals surface area contributed by atoms with Gasteiger partial charge in [-0.1, -0.05) is 73.1 Å². The van der Waals surface area contributed by atoms with Crippen molar-refractivity contribution >= 4 is 33.5 Å². The molecular formula is C30H34BrNO3. The van der Waals surface area contributed by atoms with Gasteiger partial charge in [-0.05, 0) is 82.8 Å². The minimum absolute atomic E-state index is 0.0152. The Morgan fingerprint density at radius 2 is 1.54 bits per heavy atom. The number of nitrogens with zero attached hydrogens (tertiary/aromatic N) is 1. The van der Waals surface area contributed by atoms with Crippen LogP contribution in [0.15, 0.2) is 60.7 Å². The molecule has 0 heterocycles. The van der Waals surface area contributed by atoms with E-state index in [1.165, 1.54) is 5.56 Å². The number of carbonyl (C=O) groups is 2. The van der Waals surface area contributed by atoms with Crippen LogP contribution < -0.4 is 4.90 Å². The van der Waals surface area contributed by atoms with Crippen molar-refractivity contribution in [2.24, 2.45) is 0 Å². The van der Waals surface area contributed by atoms with Crippen LogP contribution in [0.4, 0.5) is 5.69 Å². The van der Waals surface area contributed by atoms with Gasteiger partial charge in [0.05, 0.1) is 5.56 Å². The van der Waals surface area contributed by atoms with Gasteiger partial charge in [0.2, 0.25) is 5.91 Å². The molecule has 1 amide bonds. The summed E-state index contributed by atoms with van der Waals surface area (Å²) in [5, 5.41) is 10.9. The van der Waals surface area contributed by atoms with Gasteiger partial charge in [0.25, 0.3) is 0 Å². The Hall–Kier alpha value is -2.92. The van der Waals surface area contributed by atoms with Crippen molar-refractivity contribution in [3.05, 3.63) is 77.4 Å². The van der Waals surface area contributed by atoms with Gasteiger partial charge in [0.15, 0.2) is 0 Å². The second kappa shape index (κ2) is 11.2. The lowest BCUT2D eigenvalue weighted by Crippen LogP contribution is -2.30. The van der Waals surface area contributed by atoms with E-state index in [1.807, 2.05) is 37.3 Å². The van der Waals surface area contributed by atoms with Crippen molar-refractivity contribution in [3.8, 4) is 22.3 Å². The molecule has 0 aliphatic heterocycles. The zero-order valence-electron chi connectivity index (χ0n) is 21.2. The number of carboxylic acids is 1. The van der Waals surface area contributed by atoms with Gasteiger partial charge in [-0.3, -0.25) is 4.79 Å². The average Bonchev–Trinajstić information content (AvgIpc) is 2.82. The Morgan fingerprint density at radius 1 is 0.914 bits per heavy atom. The number of anilines is 1. The minimum Gasteiger partial charge on any atom is -0.478 e. The number of amides is 1. The van der Waals surface area contributed by atoms with Crippen molar-refractivity contribution < 1.29 is 14.7 Å². The molecule has 0 saturated carbocycles. The Balaban J connectivity index is 2.14. The van der Waals surface area contributed by atoms with Crippen LogP contribution in [0, 0.1) is 0 Å². The van der Waals surface area contributed by atoms with Gasteiger partial charge in [-0.15, -0.1) is 0 Å². The SMILES string of the molecule is CCN(C(C)=O)c1ccc(-c2cc(-c3ccc(CCCBr)cc3)ccc2C(=O)O)cc1C(C)(C)C. The number of carboxylic acid groups (broad SMARTS) is 1. The number of hydrogen-bond donors (Lipinski definition) is 1. The Morgan fingerprint density at radius 3 is 2.09 bits per heavy atom. The number of benzene rings is 3. The van der Waals surface area contributed by atoms with Crippen molar-refractivity contribution in [2.75, 3.05) is 16.8 Å². The van der Waals surface area contributed by atoms with E-state index < -0.39 is 5.97 Å². The fourth-order valence-electron chi connectivity index (χ4n) is 4.39. The van der Waals surface area contributed by atoms with Crippen LogP contribution in [-0.4, -0.2) is 28.9 Å². The van der Waals surface area contributed by atoms with E-state index in [-0.39, 0.29) is 16.9 Å². The standard InChI is InChI=1S/C30H34BrNO3/c1-6-32(20(2)33)28-16-14-24(19-27(28)30(3,4)5)26-18-23(13-15-25(26)29(34)35)22-11-9-21(10-12-22)8-7-17-31/h9-16,18-19H,6-8,17H2,1-5H3,(H,34,35).